The first-order chi connectivity index (χ1) is 6.87. The Bertz CT molecular complexity index is 267. The average molecular weight is 216 g/mol. The lowest BCUT2D eigenvalue weighted by atomic mass is 10.2. The molecule has 1 aliphatic rings. The minimum Gasteiger partial charge on any atom is -0.329 e. The first-order valence-electron chi connectivity index (χ1n) is 4.44. The van der Waals surface area contributed by atoms with E-state index < -0.39 is 23.1 Å². The molecule has 86 valence electrons. The van der Waals surface area contributed by atoms with Gasteiger partial charge in [0.1, 0.15) is 0 Å². The summed E-state index contributed by atoms with van der Waals surface area (Å²) >= 11 is 0. The molecule has 8 nitrogen and oxygen atoms in total. The first kappa shape index (κ1) is 11.5. The fraction of sp³-hybridized carbons (Fsp3) is 0.714. The van der Waals surface area contributed by atoms with Crippen LogP contribution in [0.4, 0.5) is 9.59 Å². The van der Waals surface area contributed by atoms with Crippen molar-refractivity contribution in [2.24, 2.45) is 11.7 Å². The lowest BCUT2D eigenvalue weighted by Gasteiger charge is -2.20. The van der Waals surface area contributed by atoms with Gasteiger partial charge in [0, 0.05) is 0 Å². The molecule has 1 fully saturated rings. The Morgan fingerprint density at radius 3 is 1.60 bits per heavy atom. The van der Waals surface area contributed by atoms with Gasteiger partial charge in [-0.3, -0.25) is 10.9 Å². The minimum absolute atomic E-state index is 0.490. The van der Waals surface area contributed by atoms with Crippen LogP contribution in [0.2, 0.25) is 0 Å². The molecular formula is C7H16N6O2. The molecule has 0 aromatic rings. The average Bonchev–Trinajstić information content (AvgIpc) is 2.67. The number of carbonyl (C=O) groups is 2. The molecule has 1 aliphatic carbocycles. The van der Waals surface area contributed by atoms with E-state index in [1.54, 1.807) is 13.8 Å². The standard InChI is InChI=1S/C7H16N6O2/c1-6(10-4(14)12-8)3-7(6,2)11-5(15)13-9/h3,8-9H2,1-2H3,(H2,10,12,14)(H2,11,13,15). The van der Waals surface area contributed by atoms with Crippen molar-refractivity contribution < 1.29 is 9.59 Å². The largest absolute Gasteiger partial charge is 0.329 e. The number of carbonyl (C=O) groups excluding carboxylic acids is 2. The first-order valence-corrected chi connectivity index (χ1v) is 4.44. The van der Waals surface area contributed by atoms with Gasteiger partial charge in [-0.05, 0) is 20.3 Å². The van der Waals surface area contributed by atoms with Gasteiger partial charge in [0.25, 0.3) is 0 Å². The van der Waals surface area contributed by atoms with Crippen LogP contribution in [-0.4, -0.2) is 23.1 Å². The quantitative estimate of drug-likeness (QED) is 0.185. The van der Waals surface area contributed by atoms with E-state index in [1.807, 2.05) is 10.9 Å². The van der Waals surface area contributed by atoms with Gasteiger partial charge < -0.3 is 10.6 Å². The van der Waals surface area contributed by atoms with E-state index in [1.165, 1.54) is 0 Å². The van der Waals surface area contributed by atoms with Crippen LogP contribution in [0.5, 0.6) is 0 Å². The number of hydrazine groups is 2. The number of hydrogen-bond donors (Lipinski definition) is 6. The number of urea groups is 2. The van der Waals surface area contributed by atoms with Crippen molar-refractivity contribution in [2.45, 2.75) is 31.3 Å². The summed E-state index contributed by atoms with van der Waals surface area (Å²) in [5.74, 6) is 9.88. The predicted molar refractivity (Wildman–Crippen MR) is 53.1 cm³/mol. The second kappa shape index (κ2) is 3.55. The molecule has 2 unspecified atom stereocenters. The summed E-state index contributed by atoms with van der Waals surface area (Å²) in [5.41, 5.74) is 2.91. The lowest BCUT2D eigenvalue weighted by Crippen LogP contribution is -2.54. The molecule has 0 saturated heterocycles. The molecule has 4 amide bonds. The smallest absolute Gasteiger partial charge is 0.329 e. The van der Waals surface area contributed by atoms with Crippen LogP contribution in [-0.2, 0) is 0 Å². The third-order valence-electron chi connectivity index (χ3n) is 2.84. The molecule has 1 saturated carbocycles. The number of nitrogens with one attached hydrogen (secondary N) is 4. The Hall–Kier alpha value is -1.54. The topological polar surface area (TPSA) is 134 Å². The number of amides is 4. The van der Waals surface area contributed by atoms with Gasteiger partial charge >= 0.3 is 12.1 Å². The number of nitrogens with two attached hydrogens (primary N) is 2. The fourth-order valence-corrected chi connectivity index (χ4v) is 1.60. The van der Waals surface area contributed by atoms with Gasteiger partial charge in [-0.25, -0.2) is 21.3 Å². The molecule has 0 radical (unpaired) electrons. The summed E-state index contributed by atoms with van der Waals surface area (Å²) < 4.78 is 0. The van der Waals surface area contributed by atoms with Gasteiger partial charge in [0.15, 0.2) is 0 Å². The second-order valence-electron chi connectivity index (χ2n) is 4.04. The van der Waals surface area contributed by atoms with E-state index in [0.29, 0.717) is 6.42 Å². The number of hydrogen-bond acceptors (Lipinski definition) is 4. The van der Waals surface area contributed by atoms with Crippen LogP contribution >= 0.6 is 0 Å². The van der Waals surface area contributed by atoms with Crippen molar-refractivity contribution in [3.05, 3.63) is 0 Å². The van der Waals surface area contributed by atoms with Crippen molar-refractivity contribution in [1.29, 1.82) is 0 Å². The predicted octanol–water partition coefficient (Wildman–Crippen LogP) is -1.75. The van der Waals surface area contributed by atoms with Crippen LogP contribution in [0.1, 0.15) is 20.3 Å². The third-order valence-corrected chi connectivity index (χ3v) is 2.84. The minimum atomic E-state index is -0.511. The van der Waals surface area contributed by atoms with Crippen molar-refractivity contribution in [2.75, 3.05) is 0 Å². The van der Waals surface area contributed by atoms with Crippen molar-refractivity contribution in [3.63, 3.8) is 0 Å². The third kappa shape index (κ3) is 2.10. The SMILES string of the molecule is CC1(NC(=O)NN)CC1(C)NC(=O)NN. The molecule has 0 spiro atoms. The van der Waals surface area contributed by atoms with Crippen LogP contribution < -0.4 is 33.2 Å². The van der Waals surface area contributed by atoms with Crippen LogP contribution in [0.15, 0.2) is 0 Å². The number of rotatable bonds is 2. The van der Waals surface area contributed by atoms with Crippen molar-refractivity contribution in [3.8, 4) is 0 Å². The molecule has 0 aromatic carbocycles. The highest BCUT2D eigenvalue weighted by Gasteiger charge is 2.63. The molecule has 0 bridgehead atoms. The van der Waals surface area contributed by atoms with Crippen molar-refractivity contribution >= 4 is 12.1 Å². The van der Waals surface area contributed by atoms with Gasteiger partial charge in [0.05, 0.1) is 11.1 Å². The van der Waals surface area contributed by atoms with Crippen LogP contribution in [0.25, 0.3) is 0 Å². The van der Waals surface area contributed by atoms with E-state index in [0.717, 1.165) is 0 Å². The van der Waals surface area contributed by atoms with E-state index in [2.05, 4.69) is 10.6 Å². The fourth-order valence-electron chi connectivity index (χ4n) is 1.60. The molecule has 8 heteroatoms. The van der Waals surface area contributed by atoms with E-state index in [4.69, 9.17) is 11.7 Å². The van der Waals surface area contributed by atoms with Crippen LogP contribution in [0, 0.1) is 0 Å². The monoisotopic (exact) mass is 216 g/mol. The molecular weight excluding hydrogens is 200 g/mol. The molecule has 0 aromatic heterocycles. The summed E-state index contributed by atoms with van der Waals surface area (Å²) in [5, 5.41) is 5.28. The molecule has 0 heterocycles. The van der Waals surface area contributed by atoms with Gasteiger partial charge in [-0.2, -0.15) is 0 Å². The maximum atomic E-state index is 11.0. The van der Waals surface area contributed by atoms with Gasteiger partial charge in [-0.15, -0.1) is 0 Å². The Morgan fingerprint density at radius 2 is 1.33 bits per heavy atom. The zero-order valence-electron chi connectivity index (χ0n) is 8.68. The van der Waals surface area contributed by atoms with Gasteiger partial charge in [0.2, 0.25) is 0 Å². The lowest BCUT2D eigenvalue weighted by molar-refractivity contribution is 0.227. The zero-order valence-corrected chi connectivity index (χ0v) is 8.68. The maximum absolute atomic E-state index is 11.0. The molecule has 8 N–H and O–H groups in total. The van der Waals surface area contributed by atoms with Crippen LogP contribution in [0.3, 0.4) is 0 Å². The zero-order chi connectivity index (χ0) is 11.7. The normalized spacial score (nSPS) is 32.8. The highest BCUT2D eigenvalue weighted by Crippen LogP contribution is 2.46. The molecule has 15 heavy (non-hydrogen) atoms. The highest BCUT2D eigenvalue weighted by atomic mass is 16.2. The van der Waals surface area contributed by atoms with E-state index in [-0.39, 0.29) is 0 Å². The molecule has 2 atom stereocenters. The second-order valence-corrected chi connectivity index (χ2v) is 4.04. The summed E-state index contributed by atoms with van der Waals surface area (Å²) in [6, 6.07) is -0.979. The summed E-state index contributed by atoms with van der Waals surface area (Å²) in [4.78, 5) is 22.0. The maximum Gasteiger partial charge on any atom is 0.329 e. The van der Waals surface area contributed by atoms with Gasteiger partial charge in [-0.1, -0.05) is 0 Å². The summed E-state index contributed by atoms with van der Waals surface area (Å²) in [7, 11) is 0. The Balaban J connectivity index is 2.54. The summed E-state index contributed by atoms with van der Waals surface area (Å²) in [6.07, 6.45) is 0.612. The highest BCUT2D eigenvalue weighted by molar-refractivity contribution is 5.78. The Labute approximate surface area is 87.1 Å². The summed E-state index contributed by atoms with van der Waals surface area (Å²) in [6.45, 7) is 3.61. The van der Waals surface area contributed by atoms with E-state index >= 15 is 0 Å². The molecule has 1 rings (SSSR count). The van der Waals surface area contributed by atoms with Crippen molar-refractivity contribution in [1.82, 2.24) is 21.5 Å². The van der Waals surface area contributed by atoms with E-state index in [9.17, 15) is 9.59 Å². The molecule has 0 aliphatic heterocycles. The Morgan fingerprint density at radius 1 is 1.00 bits per heavy atom. The Kier molecular flexibility index (Phi) is 2.73.